The predicted octanol–water partition coefficient (Wildman–Crippen LogP) is 3.69. The number of hydrogen-bond donors (Lipinski definition) is 0. The van der Waals surface area contributed by atoms with E-state index in [1.165, 1.54) is 32.1 Å². The topological polar surface area (TPSA) is 26.3 Å². The summed E-state index contributed by atoms with van der Waals surface area (Å²) in [5.74, 6) is 2.21. The van der Waals surface area contributed by atoms with Crippen LogP contribution >= 0.6 is 0 Å². The molecule has 16 heavy (non-hydrogen) atoms. The second kappa shape index (κ2) is 10.5. The van der Waals surface area contributed by atoms with Crippen molar-refractivity contribution in [2.24, 2.45) is 0 Å². The Labute approximate surface area is 99.8 Å². The third-order valence-corrected chi connectivity index (χ3v) is 2.53. The van der Waals surface area contributed by atoms with Crippen LogP contribution in [0.1, 0.15) is 65.2 Å². The zero-order valence-electron chi connectivity index (χ0n) is 10.6. The van der Waals surface area contributed by atoms with Crippen LogP contribution < -0.4 is 0 Å². The van der Waals surface area contributed by atoms with E-state index in [4.69, 9.17) is 11.2 Å². The summed E-state index contributed by atoms with van der Waals surface area (Å²) in [5.41, 5.74) is 0. The van der Waals surface area contributed by atoms with Crippen molar-refractivity contribution in [2.45, 2.75) is 71.3 Å². The first-order valence-electron chi connectivity index (χ1n) is 6.36. The lowest BCUT2D eigenvalue weighted by Crippen LogP contribution is -2.12. The average molecular weight is 224 g/mol. The van der Waals surface area contributed by atoms with Crippen molar-refractivity contribution in [3.8, 4) is 12.3 Å². The van der Waals surface area contributed by atoms with E-state index in [0.29, 0.717) is 6.42 Å². The highest BCUT2D eigenvalue weighted by atomic mass is 16.5. The quantitative estimate of drug-likeness (QED) is 0.339. The molecule has 1 atom stereocenters. The summed E-state index contributed by atoms with van der Waals surface area (Å²) < 4.78 is 4.97. The molecule has 2 nitrogen and oxygen atoms in total. The van der Waals surface area contributed by atoms with Crippen LogP contribution in [-0.2, 0) is 9.53 Å². The molecule has 0 heterocycles. The summed E-state index contributed by atoms with van der Waals surface area (Å²) in [6.07, 6.45) is 13.7. The Bertz CT molecular complexity index is 215. The predicted molar refractivity (Wildman–Crippen MR) is 67.0 cm³/mol. The standard InChI is InChI=1S/C14H24O2/c1-4-6-7-8-9-10-11-12-14(15)16-13(3)5-2/h2,13H,4,6-12H2,1,3H3. The number of ether oxygens (including phenoxy) is 1. The van der Waals surface area contributed by atoms with Crippen LogP contribution in [0.15, 0.2) is 0 Å². The molecule has 0 aliphatic carbocycles. The molecule has 0 aromatic heterocycles. The minimum atomic E-state index is -0.392. The van der Waals surface area contributed by atoms with Gasteiger partial charge in [0.1, 0.15) is 0 Å². The molecule has 0 bridgehead atoms. The molecule has 92 valence electrons. The molecular formula is C14H24O2. The van der Waals surface area contributed by atoms with Crippen LogP contribution in [0.25, 0.3) is 0 Å². The van der Waals surface area contributed by atoms with E-state index in [9.17, 15) is 4.79 Å². The van der Waals surface area contributed by atoms with Gasteiger partial charge in [0.05, 0.1) is 0 Å². The Kier molecular flexibility index (Phi) is 9.91. The maximum atomic E-state index is 11.2. The molecule has 0 aromatic rings. The van der Waals surface area contributed by atoms with Crippen LogP contribution in [0, 0.1) is 12.3 Å². The highest BCUT2D eigenvalue weighted by molar-refractivity contribution is 5.69. The summed E-state index contributed by atoms with van der Waals surface area (Å²) in [7, 11) is 0. The number of carbonyl (C=O) groups is 1. The molecule has 0 N–H and O–H groups in total. The van der Waals surface area contributed by atoms with Crippen molar-refractivity contribution in [3.05, 3.63) is 0 Å². The zero-order valence-corrected chi connectivity index (χ0v) is 10.6. The number of carbonyl (C=O) groups excluding carboxylic acids is 1. The Balaban J connectivity index is 3.25. The minimum Gasteiger partial charge on any atom is -0.449 e. The lowest BCUT2D eigenvalue weighted by atomic mass is 10.1. The van der Waals surface area contributed by atoms with Gasteiger partial charge in [-0.25, -0.2) is 0 Å². The zero-order chi connectivity index (χ0) is 12.2. The van der Waals surface area contributed by atoms with Crippen molar-refractivity contribution >= 4 is 5.97 Å². The van der Waals surface area contributed by atoms with E-state index in [-0.39, 0.29) is 5.97 Å². The van der Waals surface area contributed by atoms with E-state index in [0.717, 1.165) is 12.8 Å². The third kappa shape index (κ3) is 9.58. The molecule has 0 saturated heterocycles. The van der Waals surface area contributed by atoms with Gasteiger partial charge in [-0.2, -0.15) is 0 Å². The Morgan fingerprint density at radius 2 is 1.75 bits per heavy atom. The normalized spacial score (nSPS) is 11.8. The Morgan fingerprint density at radius 3 is 2.31 bits per heavy atom. The fourth-order valence-corrected chi connectivity index (χ4v) is 1.52. The Morgan fingerprint density at radius 1 is 1.19 bits per heavy atom. The third-order valence-electron chi connectivity index (χ3n) is 2.53. The second-order valence-corrected chi connectivity index (χ2v) is 4.17. The van der Waals surface area contributed by atoms with Crippen molar-refractivity contribution in [1.29, 1.82) is 0 Å². The monoisotopic (exact) mass is 224 g/mol. The van der Waals surface area contributed by atoms with Gasteiger partial charge in [0, 0.05) is 6.42 Å². The Hall–Kier alpha value is -0.970. The van der Waals surface area contributed by atoms with E-state index in [2.05, 4.69) is 12.8 Å². The van der Waals surface area contributed by atoms with E-state index in [1.54, 1.807) is 6.92 Å². The van der Waals surface area contributed by atoms with Gasteiger partial charge in [-0.05, 0) is 13.3 Å². The van der Waals surface area contributed by atoms with Crippen molar-refractivity contribution in [1.82, 2.24) is 0 Å². The van der Waals surface area contributed by atoms with Crippen LogP contribution in [-0.4, -0.2) is 12.1 Å². The van der Waals surface area contributed by atoms with Crippen LogP contribution in [0.3, 0.4) is 0 Å². The first kappa shape index (κ1) is 15.0. The van der Waals surface area contributed by atoms with E-state index < -0.39 is 6.10 Å². The average Bonchev–Trinajstić information content (AvgIpc) is 2.27. The maximum Gasteiger partial charge on any atom is 0.307 e. The van der Waals surface area contributed by atoms with Crippen molar-refractivity contribution in [2.75, 3.05) is 0 Å². The van der Waals surface area contributed by atoms with E-state index >= 15 is 0 Å². The highest BCUT2D eigenvalue weighted by Crippen LogP contribution is 2.09. The molecule has 0 aliphatic heterocycles. The fourth-order valence-electron chi connectivity index (χ4n) is 1.52. The molecule has 0 fully saturated rings. The minimum absolute atomic E-state index is 0.168. The summed E-state index contributed by atoms with van der Waals surface area (Å²) >= 11 is 0. The van der Waals surface area contributed by atoms with Crippen LogP contribution in [0.5, 0.6) is 0 Å². The fraction of sp³-hybridized carbons (Fsp3) is 0.786. The van der Waals surface area contributed by atoms with Gasteiger partial charge in [-0.3, -0.25) is 4.79 Å². The second-order valence-electron chi connectivity index (χ2n) is 4.17. The van der Waals surface area contributed by atoms with Gasteiger partial charge in [-0.15, -0.1) is 6.42 Å². The van der Waals surface area contributed by atoms with E-state index in [1.807, 2.05) is 0 Å². The van der Waals surface area contributed by atoms with Gasteiger partial charge >= 0.3 is 5.97 Å². The first-order valence-corrected chi connectivity index (χ1v) is 6.36. The number of hydrogen-bond acceptors (Lipinski definition) is 2. The lowest BCUT2D eigenvalue weighted by Gasteiger charge is -2.06. The molecule has 0 spiro atoms. The van der Waals surface area contributed by atoms with Gasteiger partial charge < -0.3 is 4.74 Å². The summed E-state index contributed by atoms with van der Waals surface area (Å²) in [4.78, 5) is 11.2. The largest absolute Gasteiger partial charge is 0.449 e. The van der Waals surface area contributed by atoms with Gasteiger partial charge in [-0.1, -0.05) is 51.4 Å². The molecule has 1 unspecified atom stereocenters. The van der Waals surface area contributed by atoms with Crippen LogP contribution in [0.2, 0.25) is 0 Å². The van der Waals surface area contributed by atoms with Gasteiger partial charge in [0.25, 0.3) is 0 Å². The molecule has 0 radical (unpaired) electrons. The van der Waals surface area contributed by atoms with Gasteiger partial charge in [0.2, 0.25) is 0 Å². The molecule has 0 aromatic carbocycles. The number of terminal acetylenes is 1. The highest BCUT2D eigenvalue weighted by Gasteiger charge is 2.05. The molecule has 0 amide bonds. The molecule has 0 saturated carbocycles. The van der Waals surface area contributed by atoms with Gasteiger partial charge in [0.15, 0.2) is 6.10 Å². The maximum absolute atomic E-state index is 11.2. The SMILES string of the molecule is C#CC(C)OC(=O)CCCCCCCCC. The molecule has 0 aliphatic rings. The number of esters is 1. The molecular weight excluding hydrogens is 200 g/mol. The first-order chi connectivity index (χ1) is 7.70. The number of unbranched alkanes of at least 4 members (excludes halogenated alkanes) is 6. The smallest absolute Gasteiger partial charge is 0.307 e. The number of rotatable bonds is 9. The molecule has 2 heteroatoms. The van der Waals surface area contributed by atoms with Crippen LogP contribution in [0.4, 0.5) is 0 Å². The van der Waals surface area contributed by atoms with Crippen molar-refractivity contribution in [3.63, 3.8) is 0 Å². The summed E-state index contributed by atoms with van der Waals surface area (Å²) in [6, 6.07) is 0. The van der Waals surface area contributed by atoms with Crippen molar-refractivity contribution < 1.29 is 9.53 Å². The summed E-state index contributed by atoms with van der Waals surface area (Å²) in [5, 5.41) is 0. The lowest BCUT2D eigenvalue weighted by molar-refractivity contribution is -0.145. The summed E-state index contributed by atoms with van der Waals surface area (Å²) in [6.45, 7) is 3.92. The molecule has 0 rings (SSSR count).